The molecule has 2 aromatic carbocycles. The van der Waals surface area contributed by atoms with E-state index in [1.807, 2.05) is 37.3 Å². The Morgan fingerprint density at radius 2 is 1.76 bits per heavy atom. The second-order valence-electron chi connectivity index (χ2n) is 4.67. The third-order valence-electron chi connectivity index (χ3n) is 2.88. The molecule has 0 radical (unpaired) electrons. The van der Waals surface area contributed by atoms with E-state index in [1.165, 1.54) is 6.21 Å². The summed E-state index contributed by atoms with van der Waals surface area (Å²) in [4.78, 5) is 2.47. The Hall–Kier alpha value is -1.66. The first-order chi connectivity index (χ1) is 9.88. The molecule has 110 valence electrons. The number of aryl methyl sites for hydroxylation is 2. The molecular formula is C15H15BrN2O2S. The molecule has 2 rings (SSSR count). The van der Waals surface area contributed by atoms with Crippen molar-refractivity contribution < 1.29 is 8.42 Å². The molecule has 1 N–H and O–H groups in total. The van der Waals surface area contributed by atoms with E-state index in [0.29, 0.717) is 5.56 Å². The van der Waals surface area contributed by atoms with Gasteiger partial charge in [0.05, 0.1) is 11.1 Å². The van der Waals surface area contributed by atoms with Gasteiger partial charge in [-0.15, -0.1) is 0 Å². The van der Waals surface area contributed by atoms with Crippen LogP contribution in [-0.4, -0.2) is 14.6 Å². The highest BCUT2D eigenvalue weighted by Crippen LogP contribution is 2.16. The third kappa shape index (κ3) is 4.15. The van der Waals surface area contributed by atoms with E-state index in [2.05, 4.69) is 25.9 Å². The van der Waals surface area contributed by atoms with Crippen molar-refractivity contribution >= 4 is 32.2 Å². The van der Waals surface area contributed by atoms with Crippen LogP contribution in [0.25, 0.3) is 0 Å². The number of sulfonamides is 1. The standard InChI is InChI=1S/C15H15BrN2O2S/c1-11-3-8-15(12(2)9-11)21(19,20)18-17-10-13-4-6-14(16)7-5-13/h3-10,18H,1-2H3/b17-10+. The van der Waals surface area contributed by atoms with Crippen LogP contribution in [0.3, 0.4) is 0 Å². The number of hydrogen-bond acceptors (Lipinski definition) is 3. The highest BCUT2D eigenvalue weighted by atomic mass is 79.9. The Morgan fingerprint density at radius 1 is 1.10 bits per heavy atom. The summed E-state index contributed by atoms with van der Waals surface area (Å²) in [6, 6.07) is 12.6. The van der Waals surface area contributed by atoms with Crippen molar-refractivity contribution in [3.05, 3.63) is 63.6 Å². The van der Waals surface area contributed by atoms with E-state index in [1.54, 1.807) is 19.1 Å². The molecule has 0 unspecified atom stereocenters. The second-order valence-corrected chi connectivity index (χ2v) is 7.22. The van der Waals surface area contributed by atoms with Gasteiger partial charge in [-0.3, -0.25) is 0 Å². The van der Waals surface area contributed by atoms with Crippen molar-refractivity contribution in [2.75, 3.05) is 0 Å². The van der Waals surface area contributed by atoms with Gasteiger partial charge in [0, 0.05) is 4.47 Å². The fraction of sp³-hybridized carbons (Fsp3) is 0.133. The molecule has 21 heavy (non-hydrogen) atoms. The van der Waals surface area contributed by atoms with Crippen molar-refractivity contribution in [2.45, 2.75) is 18.7 Å². The van der Waals surface area contributed by atoms with E-state index in [4.69, 9.17) is 0 Å². The molecule has 0 fully saturated rings. The Labute approximate surface area is 133 Å². The largest absolute Gasteiger partial charge is 0.276 e. The van der Waals surface area contributed by atoms with Crippen molar-refractivity contribution in [1.29, 1.82) is 0 Å². The minimum Gasteiger partial charge on any atom is -0.200 e. The van der Waals surface area contributed by atoms with Crippen LogP contribution in [0.2, 0.25) is 0 Å². The number of hydrazone groups is 1. The smallest absolute Gasteiger partial charge is 0.200 e. The lowest BCUT2D eigenvalue weighted by molar-refractivity contribution is 0.584. The summed E-state index contributed by atoms with van der Waals surface area (Å²) in [5, 5.41) is 3.80. The van der Waals surface area contributed by atoms with Gasteiger partial charge in [-0.05, 0) is 43.2 Å². The lowest BCUT2D eigenvalue weighted by atomic mass is 10.2. The molecule has 0 aliphatic heterocycles. The van der Waals surface area contributed by atoms with Gasteiger partial charge >= 0.3 is 0 Å². The fourth-order valence-electron chi connectivity index (χ4n) is 1.87. The van der Waals surface area contributed by atoms with Crippen LogP contribution in [0.1, 0.15) is 16.7 Å². The molecule has 0 amide bonds. The zero-order chi connectivity index (χ0) is 15.5. The minimum absolute atomic E-state index is 0.237. The summed E-state index contributed by atoms with van der Waals surface area (Å²) >= 11 is 3.33. The molecule has 0 saturated heterocycles. The van der Waals surface area contributed by atoms with Crippen molar-refractivity contribution in [1.82, 2.24) is 4.83 Å². The summed E-state index contributed by atoms with van der Waals surface area (Å²) in [5.41, 5.74) is 2.52. The summed E-state index contributed by atoms with van der Waals surface area (Å²) in [5.74, 6) is 0. The summed E-state index contributed by atoms with van der Waals surface area (Å²) in [6.45, 7) is 3.68. The van der Waals surface area contributed by atoms with Crippen LogP contribution in [0.4, 0.5) is 0 Å². The monoisotopic (exact) mass is 366 g/mol. The summed E-state index contributed by atoms with van der Waals surface area (Å²) in [6.07, 6.45) is 1.47. The Bertz CT molecular complexity index is 769. The summed E-state index contributed by atoms with van der Waals surface area (Å²) in [7, 11) is -3.64. The molecule has 0 heterocycles. The maximum atomic E-state index is 12.2. The molecule has 0 bridgehead atoms. The predicted molar refractivity (Wildman–Crippen MR) is 88.0 cm³/mol. The van der Waals surface area contributed by atoms with Crippen LogP contribution in [-0.2, 0) is 10.0 Å². The van der Waals surface area contributed by atoms with Gasteiger partial charge < -0.3 is 0 Å². The molecular weight excluding hydrogens is 352 g/mol. The third-order valence-corrected chi connectivity index (χ3v) is 4.79. The molecule has 4 nitrogen and oxygen atoms in total. The van der Waals surface area contributed by atoms with Crippen LogP contribution < -0.4 is 4.83 Å². The Morgan fingerprint density at radius 3 is 2.38 bits per heavy atom. The van der Waals surface area contributed by atoms with E-state index >= 15 is 0 Å². The first-order valence-corrected chi connectivity index (χ1v) is 8.54. The molecule has 0 aliphatic rings. The van der Waals surface area contributed by atoms with Gasteiger partial charge in [-0.2, -0.15) is 13.5 Å². The van der Waals surface area contributed by atoms with E-state index in [0.717, 1.165) is 15.6 Å². The molecule has 0 atom stereocenters. The number of nitrogens with zero attached hydrogens (tertiary/aromatic N) is 1. The quantitative estimate of drug-likeness (QED) is 0.665. The number of hydrogen-bond donors (Lipinski definition) is 1. The van der Waals surface area contributed by atoms with Gasteiger partial charge in [-0.25, -0.2) is 4.83 Å². The zero-order valence-corrected chi connectivity index (χ0v) is 14.1. The van der Waals surface area contributed by atoms with Crippen LogP contribution >= 0.6 is 15.9 Å². The number of benzene rings is 2. The predicted octanol–water partition coefficient (Wildman–Crippen LogP) is 3.38. The number of rotatable bonds is 4. The molecule has 0 aliphatic carbocycles. The highest BCUT2D eigenvalue weighted by Gasteiger charge is 2.15. The Kier molecular flexibility index (Phi) is 4.80. The molecule has 0 aromatic heterocycles. The summed E-state index contributed by atoms with van der Waals surface area (Å²) < 4.78 is 25.3. The Balaban J connectivity index is 2.16. The molecule has 6 heteroatoms. The van der Waals surface area contributed by atoms with Gasteiger partial charge in [0.1, 0.15) is 0 Å². The van der Waals surface area contributed by atoms with E-state index in [-0.39, 0.29) is 4.90 Å². The van der Waals surface area contributed by atoms with Crippen LogP contribution in [0, 0.1) is 13.8 Å². The SMILES string of the molecule is Cc1ccc(S(=O)(=O)N/N=C/c2ccc(Br)cc2)c(C)c1. The van der Waals surface area contributed by atoms with Crippen molar-refractivity contribution in [2.24, 2.45) is 5.10 Å². The fourth-order valence-corrected chi connectivity index (χ4v) is 3.15. The van der Waals surface area contributed by atoms with E-state index in [9.17, 15) is 8.42 Å². The maximum Gasteiger partial charge on any atom is 0.276 e. The lowest BCUT2D eigenvalue weighted by Gasteiger charge is -2.07. The van der Waals surface area contributed by atoms with Crippen LogP contribution in [0.5, 0.6) is 0 Å². The molecule has 0 saturated carbocycles. The first kappa shape index (κ1) is 15.7. The maximum absolute atomic E-state index is 12.2. The average molecular weight is 367 g/mol. The highest BCUT2D eigenvalue weighted by molar-refractivity contribution is 9.10. The normalized spacial score (nSPS) is 11.8. The first-order valence-electron chi connectivity index (χ1n) is 6.26. The molecule has 0 spiro atoms. The van der Waals surface area contributed by atoms with Gasteiger partial charge in [0.2, 0.25) is 0 Å². The van der Waals surface area contributed by atoms with Gasteiger partial charge in [0.15, 0.2) is 0 Å². The van der Waals surface area contributed by atoms with Crippen LogP contribution in [0.15, 0.2) is 56.9 Å². The second kappa shape index (κ2) is 6.41. The minimum atomic E-state index is -3.64. The topological polar surface area (TPSA) is 58.5 Å². The van der Waals surface area contributed by atoms with Crippen molar-refractivity contribution in [3.8, 4) is 0 Å². The number of nitrogens with one attached hydrogen (secondary N) is 1. The lowest BCUT2D eigenvalue weighted by Crippen LogP contribution is -2.19. The average Bonchev–Trinajstić information content (AvgIpc) is 2.40. The molecule has 2 aromatic rings. The van der Waals surface area contributed by atoms with Gasteiger partial charge in [0.25, 0.3) is 10.0 Å². The zero-order valence-electron chi connectivity index (χ0n) is 11.7. The van der Waals surface area contributed by atoms with Crippen molar-refractivity contribution in [3.63, 3.8) is 0 Å². The number of halogens is 1. The van der Waals surface area contributed by atoms with E-state index < -0.39 is 10.0 Å². The van der Waals surface area contributed by atoms with Gasteiger partial charge in [-0.1, -0.05) is 45.8 Å².